The molecule has 1 aliphatic heterocycles. The van der Waals surface area contributed by atoms with Gasteiger partial charge in [-0.25, -0.2) is 4.39 Å². The van der Waals surface area contributed by atoms with Gasteiger partial charge < -0.3 is 10.6 Å². The van der Waals surface area contributed by atoms with Crippen LogP contribution in [-0.2, 0) is 6.54 Å². The van der Waals surface area contributed by atoms with E-state index in [-0.39, 0.29) is 30.6 Å². The first kappa shape index (κ1) is 16.6. The minimum atomic E-state index is -0.156. The van der Waals surface area contributed by atoms with Gasteiger partial charge in [0.15, 0.2) is 0 Å². The molecule has 98 valence electrons. The van der Waals surface area contributed by atoms with Crippen molar-refractivity contribution >= 4 is 24.8 Å². The first-order valence-electron chi connectivity index (χ1n) is 5.53. The van der Waals surface area contributed by atoms with Gasteiger partial charge in [0, 0.05) is 19.1 Å². The Morgan fingerprint density at radius 2 is 2.18 bits per heavy atom. The molecule has 0 spiro atoms. The van der Waals surface area contributed by atoms with Crippen molar-refractivity contribution in [3.63, 3.8) is 0 Å². The average molecular weight is 281 g/mol. The third-order valence-corrected chi connectivity index (χ3v) is 2.78. The van der Waals surface area contributed by atoms with Crippen molar-refractivity contribution in [2.75, 3.05) is 13.1 Å². The van der Waals surface area contributed by atoms with Crippen LogP contribution in [0.2, 0.25) is 0 Å². The van der Waals surface area contributed by atoms with E-state index in [1.807, 2.05) is 6.07 Å². The van der Waals surface area contributed by atoms with Gasteiger partial charge in [-0.3, -0.25) is 0 Å². The van der Waals surface area contributed by atoms with E-state index in [1.54, 1.807) is 12.1 Å². The van der Waals surface area contributed by atoms with Crippen LogP contribution in [0.4, 0.5) is 4.39 Å². The molecule has 1 aromatic rings. The van der Waals surface area contributed by atoms with Crippen LogP contribution in [0.15, 0.2) is 24.3 Å². The largest absolute Gasteiger partial charge is 0.315 e. The van der Waals surface area contributed by atoms with Gasteiger partial charge in [-0.05, 0) is 37.1 Å². The number of hydrogen-bond acceptors (Lipinski definition) is 2. The van der Waals surface area contributed by atoms with E-state index in [0.29, 0.717) is 6.04 Å². The van der Waals surface area contributed by atoms with Crippen molar-refractivity contribution in [2.45, 2.75) is 25.4 Å². The fourth-order valence-electron chi connectivity index (χ4n) is 1.94. The van der Waals surface area contributed by atoms with Gasteiger partial charge in [0.1, 0.15) is 5.82 Å². The predicted octanol–water partition coefficient (Wildman–Crippen LogP) is 2.51. The third kappa shape index (κ3) is 5.68. The lowest BCUT2D eigenvalue weighted by Crippen LogP contribution is -2.42. The van der Waals surface area contributed by atoms with Gasteiger partial charge in [-0.1, -0.05) is 12.1 Å². The quantitative estimate of drug-likeness (QED) is 0.889. The molecule has 2 N–H and O–H groups in total. The summed E-state index contributed by atoms with van der Waals surface area (Å²) in [5.41, 5.74) is 1.01. The normalized spacial score (nSPS) is 19.0. The first-order valence-corrected chi connectivity index (χ1v) is 5.53. The summed E-state index contributed by atoms with van der Waals surface area (Å²) in [4.78, 5) is 0. The lowest BCUT2D eigenvalue weighted by Gasteiger charge is -2.23. The Kier molecular flexibility index (Phi) is 8.52. The molecule has 0 saturated carbocycles. The summed E-state index contributed by atoms with van der Waals surface area (Å²) in [5.74, 6) is -0.156. The lowest BCUT2D eigenvalue weighted by atomic mass is 10.1. The molecule has 5 heteroatoms. The molecule has 0 bridgehead atoms. The molecule has 0 amide bonds. The summed E-state index contributed by atoms with van der Waals surface area (Å²) >= 11 is 0. The van der Waals surface area contributed by atoms with Crippen molar-refractivity contribution in [2.24, 2.45) is 0 Å². The van der Waals surface area contributed by atoms with Crippen molar-refractivity contribution in [1.29, 1.82) is 0 Å². The molecular weight excluding hydrogens is 262 g/mol. The van der Waals surface area contributed by atoms with Crippen molar-refractivity contribution in [1.82, 2.24) is 10.6 Å². The Morgan fingerprint density at radius 3 is 2.82 bits per heavy atom. The third-order valence-electron chi connectivity index (χ3n) is 2.78. The number of nitrogens with one attached hydrogen (secondary N) is 2. The van der Waals surface area contributed by atoms with Crippen LogP contribution < -0.4 is 10.6 Å². The van der Waals surface area contributed by atoms with Crippen LogP contribution in [0.3, 0.4) is 0 Å². The Balaban J connectivity index is 0.00000128. The van der Waals surface area contributed by atoms with Crippen molar-refractivity contribution in [3.05, 3.63) is 35.6 Å². The van der Waals surface area contributed by atoms with Crippen LogP contribution in [0.5, 0.6) is 0 Å². The molecule has 0 radical (unpaired) electrons. The second-order valence-electron chi connectivity index (χ2n) is 4.05. The number of benzene rings is 1. The predicted molar refractivity (Wildman–Crippen MR) is 73.6 cm³/mol. The molecule has 17 heavy (non-hydrogen) atoms. The molecule has 1 heterocycles. The Hall–Kier alpha value is -0.350. The maximum Gasteiger partial charge on any atom is 0.123 e. The molecule has 1 aliphatic rings. The summed E-state index contributed by atoms with van der Waals surface area (Å²) in [7, 11) is 0. The Bertz CT molecular complexity index is 317. The van der Waals surface area contributed by atoms with Gasteiger partial charge >= 0.3 is 0 Å². The summed E-state index contributed by atoms with van der Waals surface area (Å²) in [6, 6.07) is 7.30. The topological polar surface area (TPSA) is 24.1 Å². The summed E-state index contributed by atoms with van der Waals surface area (Å²) in [5, 5.41) is 6.78. The second kappa shape index (κ2) is 8.70. The highest BCUT2D eigenvalue weighted by Gasteiger charge is 2.11. The fraction of sp³-hybridized carbons (Fsp3) is 0.500. The van der Waals surface area contributed by atoms with E-state index in [2.05, 4.69) is 10.6 Å². The lowest BCUT2D eigenvalue weighted by molar-refractivity contribution is 0.389. The SMILES string of the molecule is Cl.Cl.Fc1cccc(CN[C@@H]2CCCNC2)c1. The van der Waals surface area contributed by atoms with Gasteiger partial charge in [0.05, 0.1) is 0 Å². The maximum atomic E-state index is 12.9. The smallest absolute Gasteiger partial charge is 0.123 e. The molecule has 0 aliphatic carbocycles. The van der Waals surface area contributed by atoms with E-state index in [4.69, 9.17) is 0 Å². The van der Waals surface area contributed by atoms with E-state index in [0.717, 1.165) is 25.2 Å². The van der Waals surface area contributed by atoms with E-state index in [9.17, 15) is 4.39 Å². The van der Waals surface area contributed by atoms with Crippen molar-refractivity contribution in [3.8, 4) is 0 Å². The summed E-state index contributed by atoms with van der Waals surface area (Å²) in [6.07, 6.45) is 2.43. The average Bonchev–Trinajstić information content (AvgIpc) is 2.28. The Morgan fingerprint density at radius 1 is 1.35 bits per heavy atom. The highest BCUT2D eigenvalue weighted by atomic mass is 35.5. The summed E-state index contributed by atoms with van der Waals surface area (Å²) in [6.45, 7) is 2.90. The number of rotatable bonds is 3. The standard InChI is InChI=1S/C12H17FN2.2ClH/c13-11-4-1-3-10(7-11)8-15-12-5-2-6-14-9-12;;/h1,3-4,7,12,14-15H,2,5-6,8-9H2;2*1H/t12-;;/m1../s1. The number of halogens is 3. The molecule has 1 aromatic carbocycles. The minimum absolute atomic E-state index is 0. The zero-order valence-electron chi connectivity index (χ0n) is 9.62. The van der Waals surface area contributed by atoms with Crippen LogP contribution >= 0.6 is 24.8 Å². The van der Waals surface area contributed by atoms with Gasteiger partial charge in [0.2, 0.25) is 0 Å². The van der Waals surface area contributed by atoms with Gasteiger partial charge in [-0.2, -0.15) is 0 Å². The van der Waals surface area contributed by atoms with E-state index in [1.165, 1.54) is 18.9 Å². The number of hydrogen-bond donors (Lipinski definition) is 2. The highest BCUT2D eigenvalue weighted by Crippen LogP contribution is 2.06. The van der Waals surface area contributed by atoms with Gasteiger partial charge in [0.25, 0.3) is 0 Å². The molecule has 1 saturated heterocycles. The molecule has 2 nitrogen and oxygen atoms in total. The second-order valence-corrected chi connectivity index (χ2v) is 4.05. The van der Waals surface area contributed by atoms with E-state index < -0.39 is 0 Å². The number of piperidine rings is 1. The zero-order chi connectivity index (χ0) is 10.5. The van der Waals surface area contributed by atoms with Crippen LogP contribution in [0.1, 0.15) is 18.4 Å². The molecule has 1 fully saturated rings. The highest BCUT2D eigenvalue weighted by molar-refractivity contribution is 5.85. The van der Waals surface area contributed by atoms with Crippen LogP contribution in [0, 0.1) is 5.82 Å². The van der Waals surface area contributed by atoms with Crippen LogP contribution in [0.25, 0.3) is 0 Å². The van der Waals surface area contributed by atoms with Crippen molar-refractivity contribution < 1.29 is 4.39 Å². The monoisotopic (exact) mass is 280 g/mol. The van der Waals surface area contributed by atoms with E-state index >= 15 is 0 Å². The molecule has 1 atom stereocenters. The molecular formula is C12H19Cl2FN2. The molecule has 0 unspecified atom stereocenters. The fourth-order valence-corrected chi connectivity index (χ4v) is 1.94. The summed E-state index contributed by atoms with van der Waals surface area (Å²) < 4.78 is 12.9. The van der Waals surface area contributed by atoms with Crippen LogP contribution in [-0.4, -0.2) is 19.1 Å². The minimum Gasteiger partial charge on any atom is -0.315 e. The molecule has 2 rings (SSSR count). The maximum absolute atomic E-state index is 12.9. The van der Waals surface area contributed by atoms with Gasteiger partial charge in [-0.15, -0.1) is 24.8 Å². The zero-order valence-corrected chi connectivity index (χ0v) is 11.2. The molecule has 0 aromatic heterocycles. The Labute approximate surface area is 114 Å². The first-order chi connectivity index (χ1) is 7.34.